The fourth-order valence-electron chi connectivity index (χ4n) is 2.91. The summed E-state index contributed by atoms with van der Waals surface area (Å²) >= 11 is 0. The summed E-state index contributed by atoms with van der Waals surface area (Å²) in [4.78, 5) is 24.9. The molecule has 2 aromatic rings. The van der Waals surface area contributed by atoms with Gasteiger partial charge in [0, 0.05) is 24.8 Å². The number of hydrogen-bond donors (Lipinski definition) is 1. The second-order valence-electron chi connectivity index (χ2n) is 5.89. The summed E-state index contributed by atoms with van der Waals surface area (Å²) in [5.41, 5.74) is 2.06. The number of amides is 1. The van der Waals surface area contributed by atoms with Crippen molar-refractivity contribution in [2.45, 2.75) is 18.2 Å². The topological polar surface area (TPSA) is 92.8 Å². The van der Waals surface area contributed by atoms with Crippen molar-refractivity contribution in [3.8, 4) is 0 Å². The normalized spacial score (nSPS) is 13.2. The van der Waals surface area contributed by atoms with E-state index in [-0.39, 0.29) is 22.1 Å². The van der Waals surface area contributed by atoms with Crippen LogP contribution in [0.15, 0.2) is 47.4 Å². The molecule has 1 aliphatic rings. The van der Waals surface area contributed by atoms with Gasteiger partial charge in [0.15, 0.2) is 0 Å². The highest BCUT2D eigenvalue weighted by Crippen LogP contribution is 2.30. The number of esters is 1. The Balaban J connectivity index is 1.88. The van der Waals surface area contributed by atoms with Gasteiger partial charge in [-0.25, -0.2) is 13.2 Å². The van der Waals surface area contributed by atoms with E-state index in [2.05, 4.69) is 9.46 Å². The predicted octanol–water partition coefficient (Wildman–Crippen LogP) is 2.18. The molecule has 1 N–H and O–H groups in total. The molecule has 0 aromatic heterocycles. The second-order valence-corrected chi connectivity index (χ2v) is 7.57. The Morgan fingerprint density at radius 3 is 2.62 bits per heavy atom. The number of methoxy groups -OCH3 is 1. The van der Waals surface area contributed by atoms with E-state index in [0.717, 1.165) is 11.3 Å². The van der Waals surface area contributed by atoms with Gasteiger partial charge in [-0.15, -0.1) is 0 Å². The first-order chi connectivity index (χ1) is 12.3. The molecular weight excluding hydrogens is 356 g/mol. The lowest BCUT2D eigenvalue weighted by molar-refractivity contribution is -0.116. The van der Waals surface area contributed by atoms with Gasteiger partial charge in [0.1, 0.15) is 0 Å². The first-order valence-corrected chi connectivity index (χ1v) is 9.42. The fraction of sp³-hybridized carbons (Fsp3) is 0.222. The van der Waals surface area contributed by atoms with E-state index >= 15 is 0 Å². The third-order valence-corrected chi connectivity index (χ3v) is 5.55. The van der Waals surface area contributed by atoms with Gasteiger partial charge < -0.3 is 9.64 Å². The van der Waals surface area contributed by atoms with Gasteiger partial charge in [-0.3, -0.25) is 9.52 Å². The second kappa shape index (κ2) is 6.80. The Morgan fingerprint density at radius 1 is 1.15 bits per heavy atom. The van der Waals surface area contributed by atoms with Crippen molar-refractivity contribution >= 4 is 33.3 Å². The third kappa shape index (κ3) is 3.41. The van der Waals surface area contributed by atoms with E-state index in [9.17, 15) is 18.0 Å². The van der Waals surface area contributed by atoms with Crippen molar-refractivity contribution in [3.05, 3.63) is 53.6 Å². The molecule has 0 saturated carbocycles. The van der Waals surface area contributed by atoms with Crippen LogP contribution in [-0.4, -0.2) is 33.9 Å². The molecule has 0 atom stereocenters. The monoisotopic (exact) mass is 374 g/mol. The van der Waals surface area contributed by atoms with Crippen molar-refractivity contribution < 1.29 is 22.7 Å². The maximum absolute atomic E-state index is 12.7. The lowest BCUT2D eigenvalue weighted by atomic mass is 10.2. The minimum absolute atomic E-state index is 0.0721. The number of nitrogens with zero attached hydrogens (tertiary/aromatic N) is 1. The van der Waals surface area contributed by atoms with Crippen LogP contribution < -0.4 is 9.62 Å². The van der Waals surface area contributed by atoms with Gasteiger partial charge in [0.2, 0.25) is 5.91 Å². The van der Waals surface area contributed by atoms with Crippen molar-refractivity contribution in [3.63, 3.8) is 0 Å². The number of benzene rings is 2. The molecule has 26 heavy (non-hydrogen) atoms. The summed E-state index contributed by atoms with van der Waals surface area (Å²) in [6.45, 7) is 2.03. The molecule has 0 bridgehead atoms. The molecular formula is C18H18N2O5S. The van der Waals surface area contributed by atoms with Crippen LogP contribution in [0.1, 0.15) is 22.8 Å². The average Bonchev–Trinajstić information content (AvgIpc) is 3.04. The molecule has 136 valence electrons. The molecule has 0 saturated heterocycles. The van der Waals surface area contributed by atoms with Gasteiger partial charge in [0.05, 0.1) is 17.6 Å². The molecule has 2 aromatic carbocycles. The molecule has 8 heteroatoms. The van der Waals surface area contributed by atoms with E-state index < -0.39 is 16.0 Å². The molecule has 0 aliphatic carbocycles. The molecule has 1 heterocycles. The standard InChI is InChI=1S/C18H18N2O5S/c1-12(21)20-9-8-13-11-16(6-7-17(13)20)26(23,24)19-15-5-3-4-14(10-15)18(22)25-2/h3-7,10-11,19H,8-9H2,1-2H3. The van der Waals surface area contributed by atoms with Crippen LogP contribution in [0.25, 0.3) is 0 Å². The van der Waals surface area contributed by atoms with E-state index in [1.54, 1.807) is 29.2 Å². The lowest BCUT2D eigenvalue weighted by Crippen LogP contribution is -2.25. The summed E-state index contributed by atoms with van der Waals surface area (Å²) in [5.74, 6) is -0.620. The summed E-state index contributed by atoms with van der Waals surface area (Å²) in [6, 6.07) is 10.7. The molecule has 1 amide bonds. The Labute approximate surface area is 151 Å². The SMILES string of the molecule is COC(=O)c1cccc(NS(=O)(=O)c2ccc3c(c2)CCN3C(C)=O)c1. The summed E-state index contributed by atoms with van der Waals surface area (Å²) in [5, 5.41) is 0. The molecule has 3 rings (SSSR count). The van der Waals surface area contributed by atoms with Crippen LogP contribution in [-0.2, 0) is 26.0 Å². The number of carbonyl (C=O) groups excluding carboxylic acids is 2. The van der Waals surface area contributed by atoms with Crippen LogP contribution >= 0.6 is 0 Å². The van der Waals surface area contributed by atoms with E-state index in [0.29, 0.717) is 13.0 Å². The minimum atomic E-state index is -3.83. The first-order valence-electron chi connectivity index (χ1n) is 7.94. The van der Waals surface area contributed by atoms with Crippen LogP contribution in [0.2, 0.25) is 0 Å². The number of ether oxygens (including phenoxy) is 1. The molecule has 0 spiro atoms. The summed E-state index contributed by atoms with van der Waals surface area (Å²) in [6.07, 6.45) is 0.607. The first kappa shape index (κ1) is 17.9. The zero-order valence-corrected chi connectivity index (χ0v) is 15.2. The molecule has 0 radical (unpaired) electrons. The maximum Gasteiger partial charge on any atom is 0.337 e. The van der Waals surface area contributed by atoms with Gasteiger partial charge >= 0.3 is 5.97 Å². The van der Waals surface area contributed by atoms with Crippen molar-refractivity contribution in [1.82, 2.24) is 0 Å². The largest absolute Gasteiger partial charge is 0.465 e. The maximum atomic E-state index is 12.7. The van der Waals surface area contributed by atoms with Gasteiger partial charge in [0.25, 0.3) is 10.0 Å². The van der Waals surface area contributed by atoms with Gasteiger partial charge in [-0.1, -0.05) is 6.07 Å². The summed E-state index contributed by atoms with van der Waals surface area (Å²) in [7, 11) is -2.57. The third-order valence-electron chi connectivity index (χ3n) is 4.17. The number of anilines is 2. The smallest absolute Gasteiger partial charge is 0.337 e. The zero-order chi connectivity index (χ0) is 18.9. The van der Waals surface area contributed by atoms with E-state index in [4.69, 9.17) is 0 Å². The lowest BCUT2D eigenvalue weighted by Gasteiger charge is -2.15. The fourth-order valence-corrected chi connectivity index (χ4v) is 4.01. The van der Waals surface area contributed by atoms with Crippen LogP contribution in [0, 0.1) is 0 Å². The Hall–Kier alpha value is -2.87. The van der Waals surface area contributed by atoms with Crippen molar-refractivity contribution in [1.29, 1.82) is 0 Å². The van der Waals surface area contributed by atoms with Crippen LogP contribution in [0.4, 0.5) is 11.4 Å². The van der Waals surface area contributed by atoms with Crippen LogP contribution in [0.5, 0.6) is 0 Å². The van der Waals surface area contributed by atoms with E-state index in [1.807, 2.05) is 0 Å². The van der Waals surface area contributed by atoms with Crippen molar-refractivity contribution in [2.75, 3.05) is 23.3 Å². The van der Waals surface area contributed by atoms with Gasteiger partial charge in [-0.05, 0) is 48.4 Å². The number of sulfonamides is 1. The average molecular weight is 374 g/mol. The van der Waals surface area contributed by atoms with E-state index in [1.165, 1.54) is 32.2 Å². The predicted molar refractivity (Wildman–Crippen MR) is 96.8 cm³/mol. The number of carbonyl (C=O) groups is 2. The number of nitrogens with one attached hydrogen (secondary N) is 1. The Morgan fingerprint density at radius 2 is 1.92 bits per heavy atom. The number of fused-ring (bicyclic) bond motifs is 1. The van der Waals surface area contributed by atoms with Crippen LogP contribution in [0.3, 0.4) is 0 Å². The van der Waals surface area contributed by atoms with Crippen molar-refractivity contribution in [2.24, 2.45) is 0 Å². The quantitative estimate of drug-likeness (QED) is 0.828. The number of rotatable bonds is 4. The highest BCUT2D eigenvalue weighted by atomic mass is 32.2. The minimum Gasteiger partial charge on any atom is -0.465 e. The highest BCUT2D eigenvalue weighted by molar-refractivity contribution is 7.92. The Kier molecular flexibility index (Phi) is 4.69. The number of hydrogen-bond acceptors (Lipinski definition) is 5. The van der Waals surface area contributed by atoms with Gasteiger partial charge in [-0.2, -0.15) is 0 Å². The molecule has 0 fully saturated rings. The highest BCUT2D eigenvalue weighted by Gasteiger charge is 2.25. The molecule has 1 aliphatic heterocycles. The molecule has 7 nitrogen and oxygen atoms in total. The Bertz CT molecular complexity index is 985. The summed E-state index contributed by atoms with van der Waals surface area (Å²) < 4.78 is 32.4. The zero-order valence-electron chi connectivity index (χ0n) is 14.4. The molecule has 0 unspecified atom stereocenters.